The Bertz CT molecular complexity index is 718. The molecule has 110 valence electrons. The average Bonchev–Trinajstić information content (AvgIpc) is 2.52. The number of hydrogen-bond acceptors (Lipinski definition) is 4. The second-order valence-corrected chi connectivity index (χ2v) is 4.54. The van der Waals surface area contributed by atoms with Gasteiger partial charge in [-0.1, -0.05) is 36.4 Å². The van der Waals surface area contributed by atoms with Crippen LogP contribution in [0.4, 0.5) is 5.69 Å². The van der Waals surface area contributed by atoms with Gasteiger partial charge in [0.25, 0.3) is 5.91 Å². The van der Waals surface area contributed by atoms with Crippen molar-refractivity contribution < 1.29 is 9.90 Å². The van der Waals surface area contributed by atoms with Crippen LogP contribution in [0, 0.1) is 11.3 Å². The van der Waals surface area contributed by atoms with E-state index in [0.29, 0.717) is 12.2 Å². The quantitative estimate of drug-likeness (QED) is 0.584. The van der Waals surface area contributed by atoms with E-state index in [-0.39, 0.29) is 11.3 Å². The van der Waals surface area contributed by atoms with Crippen LogP contribution in [-0.4, -0.2) is 11.0 Å². The number of rotatable bonds is 5. The standard InChI is InChI=1S/C17H15N3O2/c18-10-14(12-19-11-13-5-2-1-3-6-13)17(22)20-15-7-4-8-16(21)9-15/h1-9,12,19,21H,11H2,(H,20,22)/b14-12-. The Labute approximate surface area is 128 Å². The van der Waals surface area contributed by atoms with Crippen molar-refractivity contribution in [3.8, 4) is 11.8 Å². The van der Waals surface area contributed by atoms with Crippen molar-refractivity contribution in [3.63, 3.8) is 0 Å². The molecule has 0 fully saturated rings. The monoisotopic (exact) mass is 293 g/mol. The van der Waals surface area contributed by atoms with Gasteiger partial charge in [0.15, 0.2) is 0 Å². The summed E-state index contributed by atoms with van der Waals surface area (Å²) in [4.78, 5) is 12.0. The highest BCUT2D eigenvalue weighted by atomic mass is 16.3. The van der Waals surface area contributed by atoms with Crippen LogP contribution >= 0.6 is 0 Å². The van der Waals surface area contributed by atoms with Gasteiger partial charge in [0, 0.05) is 24.5 Å². The molecule has 5 heteroatoms. The lowest BCUT2D eigenvalue weighted by molar-refractivity contribution is -0.112. The fourth-order valence-corrected chi connectivity index (χ4v) is 1.80. The van der Waals surface area contributed by atoms with Gasteiger partial charge >= 0.3 is 0 Å². The van der Waals surface area contributed by atoms with Gasteiger partial charge in [0.05, 0.1) is 0 Å². The summed E-state index contributed by atoms with van der Waals surface area (Å²) in [7, 11) is 0. The van der Waals surface area contributed by atoms with Gasteiger partial charge in [-0.25, -0.2) is 0 Å². The number of phenolic OH excluding ortho intramolecular Hbond substituents is 1. The first-order valence-corrected chi connectivity index (χ1v) is 6.67. The van der Waals surface area contributed by atoms with E-state index in [0.717, 1.165) is 5.56 Å². The SMILES string of the molecule is N#C/C(=C/NCc1ccccc1)C(=O)Nc1cccc(O)c1. The molecule has 3 N–H and O–H groups in total. The third-order valence-electron chi connectivity index (χ3n) is 2.86. The summed E-state index contributed by atoms with van der Waals surface area (Å²) in [5.74, 6) is -0.490. The fourth-order valence-electron chi connectivity index (χ4n) is 1.80. The molecular formula is C17H15N3O2. The second kappa shape index (κ2) is 7.50. The summed E-state index contributed by atoms with van der Waals surface area (Å²) in [6.45, 7) is 0.519. The van der Waals surface area contributed by atoms with Crippen LogP contribution in [0.2, 0.25) is 0 Å². The Kier molecular flexibility index (Phi) is 5.16. The lowest BCUT2D eigenvalue weighted by Gasteiger charge is -2.05. The Hall–Kier alpha value is -3.26. The number of carbonyl (C=O) groups excluding carboxylic acids is 1. The highest BCUT2D eigenvalue weighted by Crippen LogP contribution is 2.15. The number of amides is 1. The van der Waals surface area contributed by atoms with Crippen molar-refractivity contribution in [1.29, 1.82) is 5.26 Å². The Balaban J connectivity index is 1.97. The van der Waals surface area contributed by atoms with Crippen LogP contribution in [0.3, 0.4) is 0 Å². The molecule has 0 aromatic heterocycles. The molecule has 2 rings (SSSR count). The molecule has 2 aromatic carbocycles. The fraction of sp³-hybridized carbons (Fsp3) is 0.0588. The first-order chi connectivity index (χ1) is 10.7. The topological polar surface area (TPSA) is 85.2 Å². The minimum atomic E-state index is -0.534. The molecule has 2 aromatic rings. The first-order valence-electron chi connectivity index (χ1n) is 6.67. The first kappa shape index (κ1) is 15.1. The molecule has 22 heavy (non-hydrogen) atoms. The van der Waals surface area contributed by atoms with Gasteiger partial charge in [0.2, 0.25) is 0 Å². The molecule has 0 saturated carbocycles. The molecule has 0 radical (unpaired) electrons. The lowest BCUT2D eigenvalue weighted by Crippen LogP contribution is -2.16. The van der Waals surface area contributed by atoms with Crippen molar-refractivity contribution in [2.45, 2.75) is 6.54 Å². The molecule has 0 unspecified atom stereocenters. The molecular weight excluding hydrogens is 278 g/mol. The van der Waals surface area contributed by atoms with E-state index in [1.54, 1.807) is 12.1 Å². The van der Waals surface area contributed by atoms with Gasteiger partial charge in [-0.3, -0.25) is 4.79 Å². The molecule has 0 aliphatic carbocycles. The summed E-state index contributed by atoms with van der Waals surface area (Å²) in [6, 6.07) is 17.6. The van der Waals surface area contributed by atoms with E-state index in [1.807, 2.05) is 36.4 Å². The predicted octanol–water partition coefficient (Wildman–Crippen LogP) is 2.53. The lowest BCUT2D eigenvalue weighted by atomic mass is 10.2. The summed E-state index contributed by atoms with van der Waals surface area (Å²) < 4.78 is 0. The van der Waals surface area contributed by atoms with Crippen molar-refractivity contribution >= 4 is 11.6 Å². The molecule has 0 saturated heterocycles. The highest BCUT2D eigenvalue weighted by molar-refractivity contribution is 6.06. The van der Waals surface area contributed by atoms with Crippen molar-refractivity contribution in [2.75, 3.05) is 5.32 Å². The van der Waals surface area contributed by atoms with Crippen LogP contribution in [-0.2, 0) is 11.3 Å². The van der Waals surface area contributed by atoms with E-state index in [9.17, 15) is 9.90 Å². The number of nitrogens with zero attached hydrogens (tertiary/aromatic N) is 1. The largest absolute Gasteiger partial charge is 0.508 e. The van der Waals surface area contributed by atoms with Gasteiger partial charge in [-0.2, -0.15) is 5.26 Å². The van der Waals surface area contributed by atoms with Crippen molar-refractivity contribution in [3.05, 3.63) is 71.9 Å². The maximum Gasteiger partial charge on any atom is 0.267 e. The predicted molar refractivity (Wildman–Crippen MR) is 83.7 cm³/mol. The second-order valence-electron chi connectivity index (χ2n) is 4.54. The number of carbonyl (C=O) groups is 1. The smallest absolute Gasteiger partial charge is 0.267 e. The van der Waals surface area contributed by atoms with Gasteiger partial charge in [0.1, 0.15) is 17.4 Å². The van der Waals surface area contributed by atoms with E-state index in [1.165, 1.54) is 18.3 Å². The van der Waals surface area contributed by atoms with Crippen LogP contribution in [0.1, 0.15) is 5.56 Å². The molecule has 0 atom stereocenters. The molecule has 1 amide bonds. The number of anilines is 1. The zero-order chi connectivity index (χ0) is 15.8. The molecule has 5 nitrogen and oxygen atoms in total. The highest BCUT2D eigenvalue weighted by Gasteiger charge is 2.09. The van der Waals surface area contributed by atoms with Gasteiger partial charge < -0.3 is 15.7 Å². The number of benzene rings is 2. The molecule has 0 aliphatic rings. The maximum absolute atomic E-state index is 12.0. The van der Waals surface area contributed by atoms with Crippen LogP contribution in [0.5, 0.6) is 5.75 Å². The van der Waals surface area contributed by atoms with Gasteiger partial charge in [-0.05, 0) is 17.7 Å². The summed E-state index contributed by atoms with van der Waals surface area (Å²) in [6.07, 6.45) is 1.38. The van der Waals surface area contributed by atoms with Crippen molar-refractivity contribution in [1.82, 2.24) is 5.32 Å². The minimum Gasteiger partial charge on any atom is -0.508 e. The van der Waals surface area contributed by atoms with Crippen LogP contribution in [0.25, 0.3) is 0 Å². The number of nitrogens with one attached hydrogen (secondary N) is 2. The summed E-state index contributed by atoms with van der Waals surface area (Å²) in [5, 5.41) is 23.9. The average molecular weight is 293 g/mol. The maximum atomic E-state index is 12.0. The third kappa shape index (κ3) is 4.39. The molecule has 0 aliphatic heterocycles. The van der Waals surface area contributed by atoms with Crippen molar-refractivity contribution in [2.24, 2.45) is 0 Å². The van der Waals surface area contributed by atoms with Crippen LogP contribution < -0.4 is 10.6 Å². The summed E-state index contributed by atoms with van der Waals surface area (Å²) in [5.41, 5.74) is 1.43. The Morgan fingerprint density at radius 1 is 1.18 bits per heavy atom. The summed E-state index contributed by atoms with van der Waals surface area (Å²) >= 11 is 0. The normalized spacial score (nSPS) is 10.6. The number of aromatic hydroxyl groups is 1. The zero-order valence-electron chi connectivity index (χ0n) is 11.8. The van der Waals surface area contributed by atoms with E-state index in [2.05, 4.69) is 10.6 Å². The van der Waals surface area contributed by atoms with Crippen LogP contribution in [0.15, 0.2) is 66.4 Å². The Morgan fingerprint density at radius 3 is 2.64 bits per heavy atom. The third-order valence-corrected chi connectivity index (χ3v) is 2.86. The molecule has 0 bridgehead atoms. The van der Waals surface area contributed by atoms with E-state index < -0.39 is 5.91 Å². The number of hydrogen-bond donors (Lipinski definition) is 3. The number of nitriles is 1. The zero-order valence-corrected chi connectivity index (χ0v) is 11.8. The van der Waals surface area contributed by atoms with Gasteiger partial charge in [-0.15, -0.1) is 0 Å². The number of phenols is 1. The van der Waals surface area contributed by atoms with E-state index in [4.69, 9.17) is 5.26 Å². The minimum absolute atomic E-state index is 0.0423. The molecule has 0 heterocycles. The Morgan fingerprint density at radius 2 is 1.95 bits per heavy atom. The van der Waals surface area contributed by atoms with E-state index >= 15 is 0 Å². The molecule has 0 spiro atoms.